The Kier molecular flexibility index (Phi) is 4.81. The Morgan fingerprint density at radius 3 is 2.59 bits per heavy atom. The minimum Gasteiger partial charge on any atom is -0.334 e. The molecule has 0 atom stereocenters. The maximum Gasteiger partial charge on any atom is 0.259 e. The number of aromatic nitrogens is 5. The minimum absolute atomic E-state index is 0.297. The van der Waals surface area contributed by atoms with E-state index in [0.717, 1.165) is 18.0 Å². The van der Waals surface area contributed by atoms with Gasteiger partial charge < -0.3 is 4.52 Å². The quantitative estimate of drug-likeness (QED) is 0.383. The molecular weight excluding hydrogens is 413 g/mol. The van der Waals surface area contributed by atoms with Crippen LogP contribution in [0.2, 0.25) is 5.02 Å². The number of halogens is 2. The van der Waals surface area contributed by atoms with Gasteiger partial charge in [0.1, 0.15) is 5.82 Å². The van der Waals surface area contributed by atoms with Gasteiger partial charge in [0.25, 0.3) is 5.89 Å². The summed E-state index contributed by atoms with van der Waals surface area (Å²) in [6.45, 7) is 0. The highest BCUT2D eigenvalue weighted by Gasteiger charge is 2.31. The van der Waals surface area contributed by atoms with Crippen molar-refractivity contribution in [3.05, 3.63) is 65.2 Å². The standard InChI is InChI=1S/C20H15ClFN5OS/c21-15-7-3-1-5-13(15)19-23-17(26-28-19)11-29-20-25-24-18(27(20)12-9-10-12)14-6-2-4-8-16(14)22/h1-8,12H,9-11H2. The molecule has 4 aromatic rings. The third-order valence-electron chi connectivity index (χ3n) is 4.59. The first kappa shape index (κ1) is 18.3. The molecule has 0 radical (unpaired) electrons. The van der Waals surface area contributed by atoms with E-state index in [9.17, 15) is 4.39 Å². The van der Waals surface area contributed by atoms with Gasteiger partial charge in [-0.05, 0) is 37.1 Å². The summed E-state index contributed by atoms with van der Waals surface area (Å²) in [6.07, 6.45) is 2.07. The summed E-state index contributed by atoms with van der Waals surface area (Å²) in [5.74, 6) is 1.61. The van der Waals surface area contributed by atoms with Crippen LogP contribution in [0.25, 0.3) is 22.8 Å². The summed E-state index contributed by atoms with van der Waals surface area (Å²) in [6, 6.07) is 14.2. The molecule has 0 N–H and O–H groups in total. The van der Waals surface area contributed by atoms with Crippen molar-refractivity contribution in [3.63, 3.8) is 0 Å². The molecule has 0 amide bonds. The van der Waals surface area contributed by atoms with Crippen molar-refractivity contribution >= 4 is 23.4 Å². The zero-order valence-corrected chi connectivity index (χ0v) is 16.7. The molecule has 9 heteroatoms. The molecular formula is C20H15ClFN5OS. The fourth-order valence-corrected chi connectivity index (χ4v) is 4.11. The van der Waals surface area contributed by atoms with Crippen LogP contribution in [-0.2, 0) is 5.75 Å². The van der Waals surface area contributed by atoms with E-state index in [1.165, 1.54) is 17.8 Å². The maximum absolute atomic E-state index is 14.3. The van der Waals surface area contributed by atoms with Crippen LogP contribution >= 0.6 is 23.4 Å². The molecule has 0 saturated heterocycles. The molecule has 29 heavy (non-hydrogen) atoms. The predicted octanol–water partition coefficient (Wildman–Crippen LogP) is 5.41. The Hall–Kier alpha value is -2.71. The van der Waals surface area contributed by atoms with E-state index in [1.807, 2.05) is 22.8 Å². The van der Waals surface area contributed by atoms with Gasteiger partial charge in [-0.2, -0.15) is 4.98 Å². The van der Waals surface area contributed by atoms with Crippen LogP contribution in [0.3, 0.4) is 0 Å². The second kappa shape index (κ2) is 7.61. The van der Waals surface area contributed by atoms with Crippen LogP contribution in [0.5, 0.6) is 0 Å². The number of nitrogens with zero attached hydrogens (tertiary/aromatic N) is 5. The third-order valence-corrected chi connectivity index (χ3v) is 5.86. The average molecular weight is 428 g/mol. The molecule has 2 heterocycles. The largest absolute Gasteiger partial charge is 0.334 e. The first-order valence-corrected chi connectivity index (χ1v) is 10.5. The highest BCUT2D eigenvalue weighted by atomic mass is 35.5. The van der Waals surface area contributed by atoms with Gasteiger partial charge >= 0.3 is 0 Å². The van der Waals surface area contributed by atoms with Gasteiger partial charge in [-0.3, -0.25) is 4.57 Å². The molecule has 2 aromatic heterocycles. The maximum atomic E-state index is 14.3. The molecule has 1 fully saturated rings. The normalized spacial score (nSPS) is 13.7. The van der Waals surface area contributed by atoms with Gasteiger partial charge in [-0.25, -0.2) is 4.39 Å². The molecule has 0 unspecified atom stereocenters. The summed E-state index contributed by atoms with van der Waals surface area (Å²) in [7, 11) is 0. The lowest BCUT2D eigenvalue weighted by Crippen LogP contribution is -2.01. The predicted molar refractivity (Wildman–Crippen MR) is 108 cm³/mol. The molecule has 0 aliphatic heterocycles. The summed E-state index contributed by atoms with van der Waals surface area (Å²) in [5, 5.41) is 13.9. The lowest BCUT2D eigenvalue weighted by Gasteiger charge is -2.08. The summed E-state index contributed by atoms with van der Waals surface area (Å²) in [4.78, 5) is 4.43. The molecule has 5 rings (SSSR count). The highest BCUT2D eigenvalue weighted by Crippen LogP contribution is 2.41. The average Bonchev–Trinajstić information content (AvgIpc) is 3.31. The Balaban J connectivity index is 1.38. The van der Waals surface area contributed by atoms with Gasteiger partial charge in [0.2, 0.25) is 0 Å². The fourth-order valence-electron chi connectivity index (χ4n) is 3.05. The van der Waals surface area contributed by atoms with Gasteiger partial charge in [0.05, 0.1) is 21.9 Å². The van der Waals surface area contributed by atoms with Crippen molar-refractivity contribution in [3.8, 4) is 22.8 Å². The van der Waals surface area contributed by atoms with Gasteiger partial charge in [-0.15, -0.1) is 10.2 Å². The van der Waals surface area contributed by atoms with Crippen molar-refractivity contribution < 1.29 is 8.91 Å². The van der Waals surface area contributed by atoms with E-state index < -0.39 is 0 Å². The zero-order valence-electron chi connectivity index (χ0n) is 15.1. The minimum atomic E-state index is -0.305. The highest BCUT2D eigenvalue weighted by molar-refractivity contribution is 7.98. The van der Waals surface area contributed by atoms with Gasteiger partial charge in [0, 0.05) is 6.04 Å². The van der Waals surface area contributed by atoms with E-state index >= 15 is 0 Å². The van der Waals surface area contributed by atoms with E-state index in [2.05, 4.69) is 20.3 Å². The summed E-state index contributed by atoms with van der Waals surface area (Å²) >= 11 is 7.64. The second-order valence-electron chi connectivity index (χ2n) is 6.67. The number of hydrogen-bond donors (Lipinski definition) is 0. The van der Waals surface area contributed by atoms with Crippen molar-refractivity contribution in [2.24, 2.45) is 0 Å². The van der Waals surface area contributed by atoms with Crippen molar-refractivity contribution in [1.29, 1.82) is 0 Å². The van der Waals surface area contributed by atoms with Crippen LogP contribution < -0.4 is 0 Å². The first-order chi connectivity index (χ1) is 14.2. The molecule has 1 aliphatic carbocycles. The second-order valence-corrected chi connectivity index (χ2v) is 8.02. The number of thioether (sulfide) groups is 1. The van der Waals surface area contributed by atoms with E-state index in [-0.39, 0.29) is 5.82 Å². The lowest BCUT2D eigenvalue weighted by molar-refractivity contribution is 0.425. The Morgan fingerprint density at radius 2 is 1.83 bits per heavy atom. The van der Waals surface area contributed by atoms with E-state index in [1.54, 1.807) is 24.3 Å². The zero-order chi connectivity index (χ0) is 19.8. The lowest BCUT2D eigenvalue weighted by atomic mass is 10.2. The SMILES string of the molecule is Fc1ccccc1-c1nnc(SCc2noc(-c3ccccc3Cl)n2)n1C1CC1. The summed E-state index contributed by atoms with van der Waals surface area (Å²) < 4.78 is 21.6. The molecule has 0 spiro atoms. The first-order valence-electron chi connectivity index (χ1n) is 9.11. The molecule has 1 aliphatic rings. The molecule has 146 valence electrons. The van der Waals surface area contributed by atoms with Crippen LogP contribution in [0.15, 0.2) is 58.2 Å². The Morgan fingerprint density at radius 1 is 1.07 bits per heavy atom. The Bertz CT molecular complexity index is 1170. The molecule has 0 bridgehead atoms. The summed E-state index contributed by atoms with van der Waals surface area (Å²) in [5.41, 5.74) is 1.15. The van der Waals surface area contributed by atoms with Gasteiger partial charge in [-0.1, -0.05) is 52.8 Å². The fraction of sp³-hybridized carbons (Fsp3) is 0.200. The van der Waals surface area contributed by atoms with E-state index in [4.69, 9.17) is 16.1 Å². The van der Waals surface area contributed by atoms with Gasteiger partial charge in [0.15, 0.2) is 16.8 Å². The third kappa shape index (κ3) is 3.65. The van der Waals surface area contributed by atoms with Crippen molar-refractivity contribution in [2.45, 2.75) is 29.8 Å². The van der Waals surface area contributed by atoms with Crippen LogP contribution in [0.1, 0.15) is 24.7 Å². The number of hydrogen-bond acceptors (Lipinski definition) is 6. The van der Waals surface area contributed by atoms with E-state index in [0.29, 0.717) is 45.5 Å². The number of benzene rings is 2. The molecule has 1 saturated carbocycles. The monoisotopic (exact) mass is 427 g/mol. The van der Waals surface area contributed by atoms with Crippen molar-refractivity contribution in [2.75, 3.05) is 0 Å². The topological polar surface area (TPSA) is 69.6 Å². The van der Waals surface area contributed by atoms with Crippen LogP contribution in [0, 0.1) is 5.82 Å². The number of rotatable bonds is 6. The Labute approximate surface area is 175 Å². The smallest absolute Gasteiger partial charge is 0.259 e. The van der Waals surface area contributed by atoms with Crippen LogP contribution in [-0.4, -0.2) is 24.9 Å². The van der Waals surface area contributed by atoms with Crippen LogP contribution in [0.4, 0.5) is 4.39 Å². The molecule has 2 aromatic carbocycles. The van der Waals surface area contributed by atoms with Crippen molar-refractivity contribution in [1.82, 2.24) is 24.9 Å². The molecule has 6 nitrogen and oxygen atoms in total.